The Morgan fingerprint density at radius 2 is 1.78 bits per heavy atom. The van der Waals surface area contributed by atoms with Crippen molar-refractivity contribution in [3.05, 3.63) is 54.1 Å². The fraction of sp³-hybridized carbons (Fsp3) is 0.211. The first kappa shape index (κ1) is 18.8. The number of nitrogens with zero attached hydrogens (tertiary/aromatic N) is 4. The molecule has 0 radical (unpaired) electrons. The van der Waals surface area contributed by atoms with E-state index in [1.807, 2.05) is 74.4 Å². The Labute approximate surface area is 162 Å². The van der Waals surface area contributed by atoms with Crippen molar-refractivity contribution in [2.75, 3.05) is 35.9 Å². The van der Waals surface area contributed by atoms with Gasteiger partial charge < -0.3 is 16.1 Å². The van der Waals surface area contributed by atoms with Crippen molar-refractivity contribution in [2.45, 2.75) is 12.1 Å². The molecule has 0 saturated heterocycles. The van der Waals surface area contributed by atoms with Crippen LogP contribution in [0.3, 0.4) is 0 Å². The number of nitrogens with two attached hydrogens (primary N) is 1. The first-order valence-electron chi connectivity index (χ1n) is 8.41. The maximum atomic E-state index is 12.2. The van der Waals surface area contributed by atoms with Crippen LogP contribution >= 0.6 is 11.8 Å². The quantitative estimate of drug-likeness (QED) is 0.503. The van der Waals surface area contributed by atoms with Crippen LogP contribution in [0.2, 0.25) is 0 Å². The largest absolute Gasteiger partial charge is 0.378 e. The molecule has 0 bridgehead atoms. The summed E-state index contributed by atoms with van der Waals surface area (Å²) in [5.74, 6) is 6.72. The van der Waals surface area contributed by atoms with Gasteiger partial charge in [0.15, 0.2) is 5.82 Å². The van der Waals surface area contributed by atoms with Crippen molar-refractivity contribution in [3.63, 3.8) is 0 Å². The van der Waals surface area contributed by atoms with E-state index in [1.54, 1.807) is 0 Å². The van der Waals surface area contributed by atoms with Crippen LogP contribution < -0.4 is 16.1 Å². The highest BCUT2D eigenvalue weighted by Gasteiger charge is 2.14. The van der Waals surface area contributed by atoms with E-state index in [9.17, 15) is 4.79 Å². The molecule has 0 aliphatic carbocycles. The zero-order chi connectivity index (χ0) is 19.4. The number of nitrogens with one attached hydrogen (secondary N) is 1. The molecule has 2 aromatic carbocycles. The van der Waals surface area contributed by atoms with Crippen molar-refractivity contribution >= 4 is 29.0 Å². The van der Waals surface area contributed by atoms with Gasteiger partial charge in [0, 0.05) is 31.0 Å². The molecule has 140 valence electrons. The first-order valence-corrected chi connectivity index (χ1v) is 9.40. The topological polar surface area (TPSA) is 89.1 Å². The number of hydrogen-bond donors (Lipinski definition) is 2. The molecule has 0 atom stereocenters. The second kappa shape index (κ2) is 8.13. The summed E-state index contributed by atoms with van der Waals surface area (Å²) in [6, 6.07) is 15.5. The van der Waals surface area contributed by atoms with Crippen LogP contribution in [-0.2, 0) is 4.79 Å². The number of carbonyl (C=O) groups is 1. The van der Waals surface area contributed by atoms with Gasteiger partial charge in [-0.1, -0.05) is 41.6 Å². The first-order chi connectivity index (χ1) is 12.9. The summed E-state index contributed by atoms with van der Waals surface area (Å²) in [6.45, 7) is 2.02. The molecule has 0 spiro atoms. The lowest BCUT2D eigenvalue weighted by atomic mass is 10.1. The summed E-state index contributed by atoms with van der Waals surface area (Å²) >= 11 is 1.25. The van der Waals surface area contributed by atoms with Crippen molar-refractivity contribution in [1.29, 1.82) is 0 Å². The Kier molecular flexibility index (Phi) is 5.66. The van der Waals surface area contributed by atoms with Gasteiger partial charge in [-0.3, -0.25) is 4.79 Å². The van der Waals surface area contributed by atoms with Crippen LogP contribution in [-0.4, -0.2) is 40.6 Å². The number of hydrogen-bond acceptors (Lipinski definition) is 6. The van der Waals surface area contributed by atoms with E-state index in [0.29, 0.717) is 11.0 Å². The van der Waals surface area contributed by atoms with Crippen LogP contribution in [0.5, 0.6) is 0 Å². The highest BCUT2D eigenvalue weighted by atomic mass is 32.2. The molecule has 3 aromatic rings. The molecule has 8 heteroatoms. The maximum Gasteiger partial charge on any atom is 0.234 e. The van der Waals surface area contributed by atoms with E-state index in [-0.39, 0.29) is 11.7 Å². The molecule has 0 aliphatic rings. The monoisotopic (exact) mass is 382 g/mol. The van der Waals surface area contributed by atoms with Gasteiger partial charge in [0.2, 0.25) is 11.1 Å². The number of amides is 1. The lowest BCUT2D eigenvalue weighted by Crippen LogP contribution is -2.16. The average molecular weight is 382 g/mol. The normalized spacial score (nSPS) is 10.6. The number of rotatable bonds is 6. The average Bonchev–Trinajstić information content (AvgIpc) is 3.02. The van der Waals surface area contributed by atoms with Crippen molar-refractivity contribution in [2.24, 2.45) is 0 Å². The van der Waals surface area contributed by atoms with E-state index in [1.165, 1.54) is 16.4 Å². The number of nitrogen functional groups attached to an aromatic ring is 1. The molecule has 1 amide bonds. The molecular weight excluding hydrogens is 360 g/mol. The molecule has 0 saturated carbocycles. The van der Waals surface area contributed by atoms with Gasteiger partial charge in [-0.2, -0.15) is 0 Å². The van der Waals surface area contributed by atoms with Gasteiger partial charge in [-0.25, -0.2) is 4.68 Å². The summed E-state index contributed by atoms with van der Waals surface area (Å²) in [4.78, 5) is 14.2. The Balaban J connectivity index is 1.60. The fourth-order valence-corrected chi connectivity index (χ4v) is 3.10. The number of thioether (sulfide) groups is 1. The van der Waals surface area contributed by atoms with Crippen LogP contribution in [0.4, 0.5) is 11.4 Å². The van der Waals surface area contributed by atoms with Gasteiger partial charge in [0.05, 0.1) is 5.75 Å². The summed E-state index contributed by atoms with van der Waals surface area (Å²) in [5, 5.41) is 11.6. The minimum atomic E-state index is -0.127. The SMILES string of the molecule is Cc1ccc(-c2nnc(SCC(=O)Nc3ccc(N(C)C)cc3)n2N)cc1. The molecule has 1 aromatic heterocycles. The second-order valence-electron chi connectivity index (χ2n) is 6.32. The molecule has 27 heavy (non-hydrogen) atoms. The van der Waals surface area contributed by atoms with E-state index >= 15 is 0 Å². The van der Waals surface area contributed by atoms with Gasteiger partial charge in [0.25, 0.3) is 0 Å². The van der Waals surface area contributed by atoms with Gasteiger partial charge in [0.1, 0.15) is 0 Å². The van der Waals surface area contributed by atoms with Crippen LogP contribution in [0, 0.1) is 6.92 Å². The lowest BCUT2D eigenvalue weighted by molar-refractivity contribution is -0.113. The summed E-state index contributed by atoms with van der Waals surface area (Å²) < 4.78 is 1.41. The summed E-state index contributed by atoms with van der Waals surface area (Å²) in [6.07, 6.45) is 0. The summed E-state index contributed by atoms with van der Waals surface area (Å²) in [5.41, 5.74) is 3.86. The molecular formula is C19H22N6OS. The highest BCUT2D eigenvalue weighted by Crippen LogP contribution is 2.22. The van der Waals surface area contributed by atoms with Crippen LogP contribution in [0.15, 0.2) is 53.7 Å². The highest BCUT2D eigenvalue weighted by molar-refractivity contribution is 7.99. The number of benzene rings is 2. The number of aromatic nitrogens is 3. The zero-order valence-corrected chi connectivity index (χ0v) is 16.3. The Morgan fingerprint density at radius 1 is 1.11 bits per heavy atom. The van der Waals surface area contributed by atoms with Crippen LogP contribution in [0.1, 0.15) is 5.56 Å². The molecule has 0 fully saturated rings. The van der Waals surface area contributed by atoms with Gasteiger partial charge in [-0.15, -0.1) is 10.2 Å². The van der Waals surface area contributed by atoms with Crippen molar-refractivity contribution in [3.8, 4) is 11.4 Å². The molecule has 0 unspecified atom stereocenters. The third-order valence-electron chi connectivity index (χ3n) is 3.97. The third-order valence-corrected chi connectivity index (χ3v) is 4.92. The maximum absolute atomic E-state index is 12.2. The summed E-state index contributed by atoms with van der Waals surface area (Å²) in [7, 11) is 3.94. The Hall–Kier alpha value is -3.00. The number of aryl methyl sites for hydroxylation is 1. The molecule has 1 heterocycles. The Bertz CT molecular complexity index is 918. The van der Waals surface area contributed by atoms with E-state index in [0.717, 1.165) is 22.5 Å². The molecule has 3 N–H and O–H groups in total. The predicted molar refractivity (Wildman–Crippen MR) is 110 cm³/mol. The standard InChI is InChI=1S/C19H22N6OS/c1-13-4-6-14(7-5-13)18-22-23-19(25(18)20)27-12-17(26)21-15-8-10-16(11-9-15)24(2)3/h4-11H,12,20H2,1-3H3,(H,21,26). The molecule has 3 rings (SSSR count). The minimum Gasteiger partial charge on any atom is -0.378 e. The van der Waals surface area contributed by atoms with E-state index in [2.05, 4.69) is 15.5 Å². The molecule has 0 aliphatic heterocycles. The predicted octanol–water partition coefficient (Wildman–Crippen LogP) is 2.76. The van der Waals surface area contributed by atoms with Gasteiger partial charge in [-0.05, 0) is 31.2 Å². The number of anilines is 2. The van der Waals surface area contributed by atoms with E-state index < -0.39 is 0 Å². The minimum absolute atomic E-state index is 0.127. The fourth-order valence-electron chi connectivity index (χ4n) is 2.45. The number of carbonyl (C=O) groups excluding carboxylic acids is 1. The second-order valence-corrected chi connectivity index (χ2v) is 7.26. The van der Waals surface area contributed by atoms with Crippen molar-refractivity contribution in [1.82, 2.24) is 14.9 Å². The van der Waals surface area contributed by atoms with Crippen molar-refractivity contribution < 1.29 is 4.79 Å². The smallest absolute Gasteiger partial charge is 0.234 e. The van der Waals surface area contributed by atoms with Crippen LogP contribution in [0.25, 0.3) is 11.4 Å². The van der Waals surface area contributed by atoms with E-state index in [4.69, 9.17) is 5.84 Å². The van der Waals surface area contributed by atoms with Gasteiger partial charge >= 0.3 is 0 Å². The zero-order valence-electron chi connectivity index (χ0n) is 15.5. The Morgan fingerprint density at radius 3 is 2.41 bits per heavy atom. The lowest BCUT2D eigenvalue weighted by Gasteiger charge is -2.13. The molecule has 7 nitrogen and oxygen atoms in total. The third kappa shape index (κ3) is 4.59.